The lowest BCUT2D eigenvalue weighted by atomic mass is 10.1. The van der Waals surface area contributed by atoms with Crippen molar-refractivity contribution in [1.29, 1.82) is 0 Å². The molecule has 0 spiro atoms. The topological polar surface area (TPSA) is 474 Å². The van der Waals surface area contributed by atoms with E-state index in [4.69, 9.17) is 20.9 Å². The molecule has 55 heavy (non-hydrogen) atoms. The van der Waals surface area contributed by atoms with Crippen LogP contribution in [0.5, 0.6) is 0 Å². The molecule has 2 aliphatic heterocycles. The quantitative estimate of drug-likeness (QED) is 0.0540. The fourth-order valence-corrected chi connectivity index (χ4v) is 10.2. The Kier molecular flexibility index (Phi) is 11.1. The van der Waals surface area contributed by atoms with Crippen LogP contribution in [0, 0.1) is 0 Å². The van der Waals surface area contributed by atoms with Gasteiger partial charge < -0.3 is 60.9 Å². The Morgan fingerprint density at radius 1 is 0.636 bits per heavy atom. The van der Waals surface area contributed by atoms with Crippen LogP contribution in [0.3, 0.4) is 0 Å². The minimum atomic E-state index is -6.25. The molecule has 0 saturated carbocycles. The van der Waals surface area contributed by atoms with Crippen molar-refractivity contribution < 1.29 is 89.7 Å². The maximum atomic E-state index is 12.4. The third kappa shape index (κ3) is 8.80. The zero-order valence-electron chi connectivity index (χ0n) is 26.7. The molecular weight excluding hydrogens is 840 g/mol. The van der Waals surface area contributed by atoms with Gasteiger partial charge in [0.1, 0.15) is 36.6 Å². The number of fused-ring (bicyclic) bond motifs is 2. The maximum Gasteiger partial charge on any atom is 0.490 e. The highest BCUT2D eigenvalue weighted by Crippen LogP contribution is 2.71. The van der Waals surface area contributed by atoms with Crippen molar-refractivity contribution in [1.82, 2.24) is 39.0 Å². The minimum Gasteiger partial charge on any atom is -0.387 e. The molecule has 4 aromatic heterocycles. The van der Waals surface area contributed by atoms with Gasteiger partial charge in [0.25, 0.3) is 11.1 Å². The molecule has 4 unspecified atom stereocenters. The number of aliphatic hydroxyl groups is 4. The fourth-order valence-electron chi connectivity index (χ4n) is 5.26. The van der Waals surface area contributed by atoms with Crippen LogP contribution in [0.4, 0.5) is 11.9 Å². The predicted octanol–water partition coefficient (Wildman–Crippen LogP) is -3.86. The van der Waals surface area contributed by atoms with E-state index in [1.807, 2.05) is 0 Å². The number of aliphatic hydroxyl groups excluding tert-OH is 4. The lowest BCUT2D eigenvalue weighted by Gasteiger charge is -2.21. The first-order valence-electron chi connectivity index (χ1n) is 14.7. The van der Waals surface area contributed by atoms with Crippen LogP contribution in [0.25, 0.3) is 22.3 Å². The average molecular weight is 868 g/mol. The van der Waals surface area contributed by atoms with E-state index in [-0.39, 0.29) is 34.2 Å². The van der Waals surface area contributed by atoms with E-state index in [1.165, 1.54) is 0 Å². The molecule has 6 rings (SSSR count). The largest absolute Gasteiger partial charge is 0.490 e. The highest BCUT2D eigenvalue weighted by Gasteiger charge is 2.50. The summed E-state index contributed by atoms with van der Waals surface area (Å²) in [7, 11) is -24.2. The van der Waals surface area contributed by atoms with E-state index in [1.54, 1.807) is 0 Å². The number of anilines is 2. The van der Waals surface area contributed by atoms with Crippen molar-refractivity contribution in [3.8, 4) is 0 Å². The number of nitrogen functional groups attached to an aromatic ring is 2. The second-order valence-electron chi connectivity index (χ2n) is 11.4. The lowest BCUT2D eigenvalue weighted by molar-refractivity contribution is -0.0505. The molecule has 2 fully saturated rings. The average Bonchev–Trinajstić information content (AvgIpc) is 3.79. The van der Waals surface area contributed by atoms with E-state index < -0.39 is 105 Å². The number of phosphoric ester groups is 2. The number of hydrogen-bond donors (Lipinski definition) is 12. The molecule has 31 nitrogen and oxygen atoms in total. The SMILES string of the molecule is Nc1nc2c(ncn2[C@@H]2O[C@H](COP(=O)(O)OP(=O)(O)OP(=O)(O)OP(=O)(O)OC[C@@H]3O[C@H](n4cnc5c(=O)[nH]c(N)nc54)[C@H](O)[C@@H]3O)[C@H](O)[C@@H]2O)c(=O)[nH]1. The normalized spacial score (nSPS) is 30.3. The molecule has 304 valence electrons. The fraction of sp³-hybridized carbons (Fsp3) is 0.500. The molecule has 12 atom stereocenters. The molecule has 2 aliphatic rings. The van der Waals surface area contributed by atoms with Gasteiger partial charge in [0.15, 0.2) is 34.8 Å². The Morgan fingerprint density at radius 2 is 0.982 bits per heavy atom. The summed E-state index contributed by atoms with van der Waals surface area (Å²) >= 11 is 0. The van der Waals surface area contributed by atoms with Crippen LogP contribution in [0.2, 0.25) is 0 Å². The van der Waals surface area contributed by atoms with Crippen LogP contribution >= 0.6 is 31.3 Å². The summed E-state index contributed by atoms with van der Waals surface area (Å²) in [5, 5.41) is 41.8. The minimum absolute atomic E-state index is 0.192. The number of phosphoric acid groups is 4. The Balaban J connectivity index is 1.02. The number of rotatable bonds is 14. The number of aromatic nitrogens is 8. The van der Waals surface area contributed by atoms with Gasteiger partial charge >= 0.3 is 31.3 Å². The van der Waals surface area contributed by atoms with Crippen LogP contribution in [-0.4, -0.2) is 129 Å². The van der Waals surface area contributed by atoms with Crippen LogP contribution in [0.1, 0.15) is 12.5 Å². The van der Waals surface area contributed by atoms with Crippen molar-refractivity contribution in [3.63, 3.8) is 0 Å². The monoisotopic (exact) mass is 868 g/mol. The first-order chi connectivity index (χ1) is 25.5. The van der Waals surface area contributed by atoms with Crippen molar-refractivity contribution in [2.45, 2.75) is 49.1 Å². The van der Waals surface area contributed by atoms with E-state index >= 15 is 0 Å². The highest BCUT2D eigenvalue weighted by atomic mass is 31.3. The van der Waals surface area contributed by atoms with Gasteiger partial charge in [-0.2, -0.15) is 22.9 Å². The lowest BCUT2D eigenvalue weighted by Crippen LogP contribution is -2.33. The molecule has 0 amide bonds. The van der Waals surface area contributed by atoms with Gasteiger partial charge in [-0.1, -0.05) is 0 Å². The number of nitrogens with zero attached hydrogens (tertiary/aromatic N) is 6. The van der Waals surface area contributed by atoms with E-state index in [9.17, 15) is 67.8 Å². The summed E-state index contributed by atoms with van der Waals surface area (Å²) < 4.78 is 82.9. The van der Waals surface area contributed by atoms with Crippen molar-refractivity contribution in [2.75, 3.05) is 24.7 Å². The molecule has 14 N–H and O–H groups in total. The molecule has 0 bridgehead atoms. The van der Waals surface area contributed by atoms with Gasteiger partial charge in [0.2, 0.25) is 11.9 Å². The Labute approximate surface area is 301 Å². The number of ether oxygens (including phenoxy) is 2. The molecule has 6 heterocycles. The summed E-state index contributed by atoms with van der Waals surface area (Å²) in [5.41, 5.74) is 8.68. The van der Waals surface area contributed by atoms with Crippen molar-refractivity contribution in [2.24, 2.45) is 0 Å². The summed E-state index contributed by atoms with van der Waals surface area (Å²) in [4.78, 5) is 83.4. The second-order valence-corrected chi connectivity index (χ2v) is 17.6. The summed E-state index contributed by atoms with van der Waals surface area (Å²) in [6, 6.07) is 0. The first-order valence-corrected chi connectivity index (χ1v) is 20.7. The molecule has 0 aliphatic carbocycles. The molecule has 4 aromatic rings. The predicted molar refractivity (Wildman–Crippen MR) is 171 cm³/mol. The van der Waals surface area contributed by atoms with Gasteiger partial charge in [-0.15, -0.1) is 0 Å². The number of aromatic amines is 2. The summed E-state index contributed by atoms with van der Waals surface area (Å²) in [5.74, 6) is -0.680. The zero-order valence-corrected chi connectivity index (χ0v) is 30.3. The van der Waals surface area contributed by atoms with Gasteiger partial charge in [-0.3, -0.25) is 37.7 Å². The van der Waals surface area contributed by atoms with E-state index in [0.717, 1.165) is 21.8 Å². The maximum absolute atomic E-state index is 12.4. The first kappa shape index (κ1) is 41.3. The number of H-pyrrole nitrogens is 2. The van der Waals surface area contributed by atoms with Gasteiger partial charge in [0, 0.05) is 0 Å². The summed E-state index contributed by atoms with van der Waals surface area (Å²) in [6.07, 6.45) is -11.9. The standard InChI is InChI=1S/C20H28N10O21P4/c21-19-25-13-7(15(35)27-19)23-3-29(13)17-11(33)9(31)5(47-17)1-45-52(37,38)49-54(41,42)51-55(43,44)50-53(39,40)46-2-6-10(32)12(34)18(48-6)30-4-24-8-14(30)26-20(22)28-16(8)36/h3-6,9-12,17-18,31-34H,1-2H2,(H,37,38)(H,39,40)(H,41,42)(H,43,44)(H3,21,25,27,35)(H3,22,26,28,36)/t5-,6+,9+,10-,11+,12-,17-,18+. The van der Waals surface area contributed by atoms with Gasteiger partial charge in [0.05, 0.1) is 25.9 Å². The summed E-state index contributed by atoms with van der Waals surface area (Å²) in [6.45, 7) is -2.36. The molecule has 0 aromatic carbocycles. The molecule has 2 saturated heterocycles. The van der Waals surface area contributed by atoms with Gasteiger partial charge in [-0.05, 0) is 0 Å². The second kappa shape index (κ2) is 14.8. The van der Waals surface area contributed by atoms with Crippen molar-refractivity contribution in [3.05, 3.63) is 33.4 Å². The van der Waals surface area contributed by atoms with Crippen molar-refractivity contribution >= 4 is 65.5 Å². The third-order valence-corrected chi connectivity index (χ3v) is 13.5. The Morgan fingerprint density at radius 3 is 1.35 bits per heavy atom. The number of imidazole rings is 2. The van der Waals surface area contributed by atoms with Gasteiger partial charge in [-0.25, -0.2) is 28.2 Å². The molecule has 35 heteroatoms. The Hall–Kier alpha value is -3.38. The van der Waals surface area contributed by atoms with Crippen LogP contribution in [-0.2, 0) is 49.7 Å². The van der Waals surface area contributed by atoms with E-state index in [0.29, 0.717) is 0 Å². The number of hydrogen-bond acceptors (Lipinski definition) is 23. The van der Waals surface area contributed by atoms with Crippen LogP contribution < -0.4 is 22.6 Å². The number of nitrogens with one attached hydrogen (secondary N) is 2. The number of nitrogens with two attached hydrogens (primary N) is 2. The third-order valence-electron chi connectivity index (χ3n) is 7.55. The molecular formula is C20H28N10O21P4. The highest BCUT2D eigenvalue weighted by molar-refractivity contribution is 7.69. The molecule has 0 radical (unpaired) electrons. The van der Waals surface area contributed by atoms with E-state index in [2.05, 4.69) is 51.9 Å². The van der Waals surface area contributed by atoms with Crippen LogP contribution in [0.15, 0.2) is 22.2 Å². The zero-order chi connectivity index (χ0) is 40.4. The smallest absolute Gasteiger partial charge is 0.387 e. The Bertz CT molecular complexity index is 2260.